The Kier molecular flexibility index (Phi) is 11.3. The molecule has 0 saturated heterocycles. The molecular formula is C22H39NO3. The van der Waals surface area contributed by atoms with Crippen LogP contribution in [0.5, 0.6) is 0 Å². The second-order valence-electron chi connectivity index (χ2n) is 7.47. The summed E-state index contributed by atoms with van der Waals surface area (Å²) < 4.78 is 6.79. The lowest BCUT2D eigenvalue weighted by atomic mass is 10.0. The fourth-order valence-electron chi connectivity index (χ4n) is 3.30. The molecule has 0 aliphatic rings. The number of ether oxygens (including phenoxy) is 1. The predicted octanol–water partition coefficient (Wildman–Crippen LogP) is 5.49. The molecule has 0 amide bonds. The van der Waals surface area contributed by atoms with E-state index in [9.17, 15) is 10.0 Å². The van der Waals surface area contributed by atoms with Crippen molar-refractivity contribution in [3.8, 4) is 0 Å². The molecular weight excluding hydrogens is 326 g/mol. The van der Waals surface area contributed by atoms with Gasteiger partial charge in [0.05, 0.1) is 11.4 Å². The van der Waals surface area contributed by atoms with Gasteiger partial charge in [0.1, 0.15) is 0 Å². The largest absolute Gasteiger partial charge is 0.428 e. The Labute approximate surface area is 159 Å². The molecule has 0 aliphatic heterocycles. The Balaban J connectivity index is 2.11. The van der Waals surface area contributed by atoms with Gasteiger partial charge in [-0.15, -0.1) is 0 Å². The molecule has 0 aliphatic carbocycles. The average Bonchev–Trinajstić information content (AvgIpc) is 2.64. The normalized spacial score (nSPS) is 11.2. The van der Waals surface area contributed by atoms with E-state index >= 15 is 0 Å². The van der Waals surface area contributed by atoms with Crippen molar-refractivity contribution < 1.29 is 9.94 Å². The summed E-state index contributed by atoms with van der Waals surface area (Å²) in [5.74, 6) is 0. The van der Waals surface area contributed by atoms with Crippen molar-refractivity contribution >= 4 is 0 Å². The maximum atomic E-state index is 12.2. The molecule has 0 spiro atoms. The lowest BCUT2D eigenvalue weighted by Crippen LogP contribution is -2.21. The summed E-state index contributed by atoms with van der Waals surface area (Å²) in [5.41, 5.74) is 2.85. The average molecular weight is 366 g/mol. The maximum Gasteiger partial charge on any atom is 0.188 e. The minimum atomic E-state index is 0.0708. The van der Waals surface area contributed by atoms with E-state index in [2.05, 4.69) is 6.92 Å². The van der Waals surface area contributed by atoms with Crippen LogP contribution in [0.1, 0.15) is 93.6 Å². The van der Waals surface area contributed by atoms with Crippen molar-refractivity contribution in [2.75, 3.05) is 13.2 Å². The number of rotatable bonds is 14. The third-order valence-corrected chi connectivity index (χ3v) is 5.32. The Morgan fingerprint density at radius 1 is 0.808 bits per heavy atom. The van der Waals surface area contributed by atoms with Crippen molar-refractivity contribution in [3.05, 3.63) is 32.7 Å². The lowest BCUT2D eigenvalue weighted by molar-refractivity contribution is 0.127. The summed E-state index contributed by atoms with van der Waals surface area (Å²) in [4.78, 5) is 12.2. The van der Waals surface area contributed by atoms with E-state index in [4.69, 9.17) is 4.74 Å². The highest BCUT2D eigenvalue weighted by atomic mass is 16.5. The quantitative estimate of drug-likeness (QED) is 0.350. The predicted molar refractivity (Wildman–Crippen MR) is 108 cm³/mol. The Bertz CT molecular complexity index is 578. The minimum Gasteiger partial charge on any atom is -0.428 e. The van der Waals surface area contributed by atoms with Crippen LogP contribution in [0.2, 0.25) is 0 Å². The summed E-state index contributed by atoms with van der Waals surface area (Å²) in [6, 6.07) is 0. The minimum absolute atomic E-state index is 0.0708. The second-order valence-corrected chi connectivity index (χ2v) is 7.47. The summed E-state index contributed by atoms with van der Waals surface area (Å²) in [7, 11) is 0. The van der Waals surface area contributed by atoms with Crippen LogP contribution in [0.15, 0.2) is 4.79 Å². The van der Waals surface area contributed by atoms with Gasteiger partial charge < -0.3 is 9.94 Å². The molecule has 26 heavy (non-hydrogen) atoms. The van der Waals surface area contributed by atoms with Gasteiger partial charge in [-0.1, -0.05) is 51.9 Å². The third-order valence-electron chi connectivity index (χ3n) is 5.32. The molecule has 4 nitrogen and oxygen atoms in total. The second kappa shape index (κ2) is 13.0. The zero-order chi connectivity index (χ0) is 19.4. The highest BCUT2D eigenvalue weighted by molar-refractivity contribution is 5.29. The third kappa shape index (κ3) is 7.53. The van der Waals surface area contributed by atoms with Crippen molar-refractivity contribution in [2.45, 2.75) is 98.3 Å². The van der Waals surface area contributed by atoms with Crippen LogP contribution in [0.4, 0.5) is 0 Å². The SMILES string of the molecule is CCCCOCCCCCCCCCCc1c(C)c(=O)c(C)c(C)n1O. The van der Waals surface area contributed by atoms with Crippen molar-refractivity contribution in [1.29, 1.82) is 0 Å². The van der Waals surface area contributed by atoms with Crippen LogP contribution in [0.3, 0.4) is 0 Å². The molecule has 0 aromatic carbocycles. The first-order valence-electron chi connectivity index (χ1n) is 10.5. The van der Waals surface area contributed by atoms with Crippen molar-refractivity contribution in [1.82, 2.24) is 4.73 Å². The summed E-state index contributed by atoms with van der Waals surface area (Å²) in [5, 5.41) is 10.2. The van der Waals surface area contributed by atoms with Gasteiger partial charge in [0, 0.05) is 24.3 Å². The van der Waals surface area contributed by atoms with Crippen LogP contribution < -0.4 is 5.43 Å². The molecule has 0 fully saturated rings. The number of nitrogens with zero attached hydrogens (tertiary/aromatic N) is 1. The smallest absolute Gasteiger partial charge is 0.188 e. The number of unbranched alkanes of at least 4 members (excludes halogenated alkanes) is 8. The number of pyridine rings is 1. The van der Waals surface area contributed by atoms with Crippen LogP contribution in [-0.4, -0.2) is 23.2 Å². The standard InChI is InChI=1S/C22H39NO3/c1-5-6-16-26-17-14-12-10-8-7-9-11-13-15-21-19(3)22(24)18(2)20(4)23(21)25/h25H,5-17H2,1-4H3. The van der Waals surface area contributed by atoms with Gasteiger partial charge in [0.2, 0.25) is 0 Å². The molecule has 1 aromatic rings. The molecule has 0 radical (unpaired) electrons. The van der Waals surface area contributed by atoms with Gasteiger partial charge in [0.15, 0.2) is 5.43 Å². The van der Waals surface area contributed by atoms with E-state index in [0.717, 1.165) is 38.2 Å². The summed E-state index contributed by atoms with van der Waals surface area (Å²) in [6.45, 7) is 9.42. The lowest BCUT2D eigenvalue weighted by Gasteiger charge is -2.15. The van der Waals surface area contributed by atoms with Crippen LogP contribution in [0.25, 0.3) is 0 Å². The van der Waals surface area contributed by atoms with E-state index < -0.39 is 0 Å². The fraction of sp³-hybridized carbons (Fsp3) is 0.773. The van der Waals surface area contributed by atoms with Crippen LogP contribution >= 0.6 is 0 Å². The van der Waals surface area contributed by atoms with Gasteiger partial charge in [-0.05, 0) is 46.5 Å². The zero-order valence-electron chi connectivity index (χ0n) is 17.4. The van der Waals surface area contributed by atoms with Gasteiger partial charge in [0.25, 0.3) is 0 Å². The van der Waals surface area contributed by atoms with Gasteiger partial charge in [-0.2, -0.15) is 4.73 Å². The first-order chi connectivity index (χ1) is 12.5. The Hall–Kier alpha value is -1.29. The van der Waals surface area contributed by atoms with E-state index in [-0.39, 0.29) is 5.43 Å². The summed E-state index contributed by atoms with van der Waals surface area (Å²) in [6.07, 6.45) is 12.9. The zero-order valence-corrected chi connectivity index (χ0v) is 17.4. The molecule has 4 heteroatoms. The van der Waals surface area contributed by atoms with E-state index in [1.165, 1.54) is 56.1 Å². The van der Waals surface area contributed by atoms with Crippen LogP contribution in [-0.2, 0) is 11.2 Å². The number of aromatic nitrogens is 1. The first-order valence-corrected chi connectivity index (χ1v) is 10.5. The van der Waals surface area contributed by atoms with Crippen molar-refractivity contribution in [2.24, 2.45) is 0 Å². The highest BCUT2D eigenvalue weighted by Crippen LogP contribution is 2.15. The van der Waals surface area contributed by atoms with Gasteiger partial charge in [-0.25, -0.2) is 0 Å². The molecule has 1 N–H and O–H groups in total. The van der Waals surface area contributed by atoms with Crippen molar-refractivity contribution in [3.63, 3.8) is 0 Å². The van der Waals surface area contributed by atoms with E-state index in [0.29, 0.717) is 16.8 Å². The van der Waals surface area contributed by atoms with E-state index in [1.807, 2.05) is 6.92 Å². The van der Waals surface area contributed by atoms with Crippen LogP contribution in [0, 0.1) is 20.8 Å². The molecule has 0 saturated carbocycles. The molecule has 0 unspecified atom stereocenters. The molecule has 0 bridgehead atoms. The Morgan fingerprint density at radius 2 is 1.35 bits per heavy atom. The first kappa shape index (κ1) is 22.8. The number of hydrogen-bond acceptors (Lipinski definition) is 3. The summed E-state index contributed by atoms with van der Waals surface area (Å²) >= 11 is 0. The molecule has 0 atom stereocenters. The number of hydrogen-bond donors (Lipinski definition) is 1. The Morgan fingerprint density at radius 3 is 1.96 bits per heavy atom. The highest BCUT2D eigenvalue weighted by Gasteiger charge is 2.13. The molecule has 150 valence electrons. The molecule has 1 heterocycles. The molecule has 1 rings (SSSR count). The van der Waals surface area contributed by atoms with Gasteiger partial charge >= 0.3 is 0 Å². The molecule has 1 aromatic heterocycles. The topological polar surface area (TPSA) is 51.5 Å². The monoisotopic (exact) mass is 365 g/mol. The maximum absolute atomic E-state index is 12.2. The van der Waals surface area contributed by atoms with Gasteiger partial charge in [-0.3, -0.25) is 4.79 Å². The van der Waals surface area contributed by atoms with E-state index in [1.54, 1.807) is 13.8 Å². The fourth-order valence-corrected chi connectivity index (χ4v) is 3.30.